The van der Waals surface area contributed by atoms with Crippen molar-refractivity contribution in [3.8, 4) is 0 Å². The molecule has 0 saturated heterocycles. The summed E-state index contributed by atoms with van der Waals surface area (Å²) in [5.74, 6) is -0.347. The van der Waals surface area contributed by atoms with Crippen LogP contribution in [-0.2, 0) is 16.0 Å². The van der Waals surface area contributed by atoms with Gasteiger partial charge in [0.25, 0.3) is 0 Å². The Balaban J connectivity index is 2.66. The lowest BCUT2D eigenvalue weighted by Crippen LogP contribution is -2.38. The van der Waals surface area contributed by atoms with Crippen molar-refractivity contribution >= 4 is 5.97 Å². The number of hydrogen-bond donors (Lipinski definition) is 1. The summed E-state index contributed by atoms with van der Waals surface area (Å²) >= 11 is 0. The van der Waals surface area contributed by atoms with Gasteiger partial charge in [0.2, 0.25) is 0 Å². The van der Waals surface area contributed by atoms with Crippen LogP contribution in [0.1, 0.15) is 37.5 Å². The molecule has 1 atom stereocenters. The van der Waals surface area contributed by atoms with E-state index in [1.807, 2.05) is 32.9 Å². The van der Waals surface area contributed by atoms with Crippen LogP contribution in [0.25, 0.3) is 0 Å². The standard InChI is InChI=1S/C15H23NO2/c1-10-6-7-12(8-11(10)2)9-13(16)14(17)18-15(3,4)5/h6-8,13H,9,16H2,1-5H3. The van der Waals surface area contributed by atoms with Gasteiger partial charge in [0.15, 0.2) is 0 Å². The second kappa shape index (κ2) is 5.53. The van der Waals surface area contributed by atoms with Gasteiger partial charge in [-0.25, -0.2) is 0 Å². The molecule has 0 fully saturated rings. The lowest BCUT2D eigenvalue weighted by atomic mass is 10.0. The molecular weight excluding hydrogens is 226 g/mol. The van der Waals surface area contributed by atoms with Gasteiger partial charge in [-0.1, -0.05) is 18.2 Å². The van der Waals surface area contributed by atoms with Gasteiger partial charge in [-0.2, -0.15) is 0 Å². The zero-order valence-corrected chi connectivity index (χ0v) is 11.9. The average Bonchev–Trinajstić information content (AvgIpc) is 2.21. The minimum Gasteiger partial charge on any atom is -0.459 e. The Morgan fingerprint density at radius 3 is 2.39 bits per heavy atom. The molecule has 2 N–H and O–H groups in total. The Labute approximate surface area is 109 Å². The van der Waals surface area contributed by atoms with Crippen molar-refractivity contribution in [2.24, 2.45) is 5.73 Å². The highest BCUT2D eigenvalue weighted by Crippen LogP contribution is 2.13. The third-order valence-corrected chi connectivity index (χ3v) is 2.74. The van der Waals surface area contributed by atoms with Gasteiger partial charge in [0, 0.05) is 0 Å². The van der Waals surface area contributed by atoms with E-state index in [0.717, 1.165) is 5.56 Å². The first-order valence-corrected chi connectivity index (χ1v) is 6.23. The molecule has 3 nitrogen and oxygen atoms in total. The van der Waals surface area contributed by atoms with E-state index in [-0.39, 0.29) is 5.97 Å². The fraction of sp³-hybridized carbons (Fsp3) is 0.533. The molecule has 0 saturated carbocycles. The second-order valence-corrected chi connectivity index (χ2v) is 5.76. The zero-order valence-electron chi connectivity index (χ0n) is 11.9. The van der Waals surface area contributed by atoms with Gasteiger partial charge >= 0.3 is 5.97 Å². The Morgan fingerprint density at radius 2 is 1.89 bits per heavy atom. The summed E-state index contributed by atoms with van der Waals surface area (Å²) in [7, 11) is 0. The van der Waals surface area contributed by atoms with Crippen LogP contribution in [0.5, 0.6) is 0 Å². The topological polar surface area (TPSA) is 52.3 Å². The van der Waals surface area contributed by atoms with Crippen LogP contribution in [0.2, 0.25) is 0 Å². The minimum absolute atomic E-state index is 0.347. The highest BCUT2D eigenvalue weighted by atomic mass is 16.6. The summed E-state index contributed by atoms with van der Waals surface area (Å²) in [5, 5.41) is 0. The summed E-state index contributed by atoms with van der Waals surface area (Å²) in [4.78, 5) is 11.8. The number of aryl methyl sites for hydroxylation is 2. The van der Waals surface area contributed by atoms with Crippen LogP contribution in [0, 0.1) is 13.8 Å². The molecule has 0 aliphatic heterocycles. The molecule has 0 amide bonds. The molecule has 0 heterocycles. The highest BCUT2D eigenvalue weighted by molar-refractivity contribution is 5.76. The van der Waals surface area contributed by atoms with Crippen LogP contribution < -0.4 is 5.73 Å². The third kappa shape index (κ3) is 4.49. The van der Waals surface area contributed by atoms with Gasteiger partial charge in [-0.15, -0.1) is 0 Å². The van der Waals surface area contributed by atoms with Crippen molar-refractivity contribution < 1.29 is 9.53 Å². The highest BCUT2D eigenvalue weighted by Gasteiger charge is 2.22. The maximum Gasteiger partial charge on any atom is 0.323 e. The number of esters is 1. The lowest BCUT2D eigenvalue weighted by molar-refractivity contribution is -0.156. The Morgan fingerprint density at radius 1 is 1.28 bits per heavy atom. The van der Waals surface area contributed by atoms with Crippen molar-refractivity contribution in [3.05, 3.63) is 34.9 Å². The molecule has 1 aromatic carbocycles. The fourth-order valence-corrected chi connectivity index (χ4v) is 1.65. The maximum atomic E-state index is 11.8. The molecule has 0 aliphatic carbocycles. The first-order valence-electron chi connectivity index (χ1n) is 6.23. The van der Waals surface area contributed by atoms with E-state index in [1.165, 1.54) is 11.1 Å². The van der Waals surface area contributed by atoms with E-state index in [4.69, 9.17) is 10.5 Å². The number of benzene rings is 1. The number of hydrogen-bond acceptors (Lipinski definition) is 3. The quantitative estimate of drug-likeness (QED) is 0.837. The lowest BCUT2D eigenvalue weighted by Gasteiger charge is -2.22. The Bertz CT molecular complexity index is 433. The third-order valence-electron chi connectivity index (χ3n) is 2.74. The second-order valence-electron chi connectivity index (χ2n) is 5.76. The number of ether oxygens (including phenoxy) is 1. The molecule has 3 heteroatoms. The normalized spacial score (nSPS) is 13.2. The van der Waals surface area contributed by atoms with E-state index >= 15 is 0 Å². The van der Waals surface area contributed by atoms with E-state index in [1.54, 1.807) is 0 Å². The monoisotopic (exact) mass is 249 g/mol. The predicted octanol–water partition coefficient (Wildman–Crippen LogP) is 2.51. The maximum absolute atomic E-state index is 11.8. The number of carbonyl (C=O) groups excluding carboxylic acids is 1. The van der Waals surface area contributed by atoms with E-state index in [0.29, 0.717) is 6.42 Å². The summed E-state index contributed by atoms with van der Waals surface area (Å²) in [6.45, 7) is 9.64. The van der Waals surface area contributed by atoms with Crippen molar-refractivity contribution in [2.45, 2.75) is 52.7 Å². The predicted molar refractivity (Wildman–Crippen MR) is 73.4 cm³/mol. The van der Waals surface area contributed by atoms with Gasteiger partial charge in [-0.05, 0) is 57.7 Å². The van der Waals surface area contributed by atoms with Gasteiger partial charge < -0.3 is 10.5 Å². The van der Waals surface area contributed by atoms with Gasteiger partial charge in [-0.3, -0.25) is 4.79 Å². The van der Waals surface area contributed by atoms with Crippen molar-refractivity contribution in [1.82, 2.24) is 0 Å². The van der Waals surface area contributed by atoms with Crippen LogP contribution >= 0.6 is 0 Å². The molecule has 1 unspecified atom stereocenters. The van der Waals surface area contributed by atoms with Crippen LogP contribution in [0.15, 0.2) is 18.2 Å². The molecule has 0 aromatic heterocycles. The van der Waals surface area contributed by atoms with Crippen LogP contribution in [0.4, 0.5) is 0 Å². The summed E-state index contributed by atoms with van der Waals surface area (Å²) in [5.41, 5.74) is 8.90. The Kier molecular flexibility index (Phi) is 4.52. The summed E-state index contributed by atoms with van der Waals surface area (Å²) in [6.07, 6.45) is 0.510. The van der Waals surface area contributed by atoms with Crippen molar-refractivity contribution in [3.63, 3.8) is 0 Å². The van der Waals surface area contributed by atoms with Gasteiger partial charge in [0.1, 0.15) is 11.6 Å². The molecule has 0 spiro atoms. The largest absolute Gasteiger partial charge is 0.459 e. The fourth-order valence-electron chi connectivity index (χ4n) is 1.65. The summed E-state index contributed by atoms with van der Waals surface area (Å²) < 4.78 is 5.26. The zero-order chi connectivity index (χ0) is 13.9. The molecule has 100 valence electrons. The van der Waals surface area contributed by atoms with E-state index in [9.17, 15) is 4.79 Å². The van der Waals surface area contributed by atoms with E-state index < -0.39 is 11.6 Å². The first-order chi connectivity index (χ1) is 8.19. The Hall–Kier alpha value is -1.35. The van der Waals surface area contributed by atoms with E-state index in [2.05, 4.69) is 19.9 Å². The molecule has 1 aromatic rings. The van der Waals surface area contributed by atoms with Gasteiger partial charge in [0.05, 0.1) is 0 Å². The van der Waals surface area contributed by atoms with Crippen molar-refractivity contribution in [1.29, 1.82) is 0 Å². The first kappa shape index (κ1) is 14.7. The molecule has 18 heavy (non-hydrogen) atoms. The number of carbonyl (C=O) groups is 1. The molecule has 0 bridgehead atoms. The molecule has 0 radical (unpaired) electrons. The van der Waals surface area contributed by atoms with Crippen LogP contribution in [-0.4, -0.2) is 17.6 Å². The molecular formula is C15H23NO2. The smallest absolute Gasteiger partial charge is 0.323 e. The minimum atomic E-state index is -0.605. The summed E-state index contributed by atoms with van der Waals surface area (Å²) in [6, 6.07) is 5.52. The van der Waals surface area contributed by atoms with Crippen LogP contribution in [0.3, 0.4) is 0 Å². The average molecular weight is 249 g/mol. The molecule has 1 rings (SSSR count). The SMILES string of the molecule is Cc1ccc(CC(N)C(=O)OC(C)(C)C)cc1C. The van der Waals surface area contributed by atoms with Crippen molar-refractivity contribution in [2.75, 3.05) is 0 Å². The number of rotatable bonds is 3. The molecule has 0 aliphatic rings. The number of nitrogens with two attached hydrogens (primary N) is 1.